The Balaban J connectivity index is 2.15. The maximum atomic E-state index is 6.63. The lowest BCUT2D eigenvalue weighted by atomic mass is 9.92. The molecule has 56 valence electrons. The van der Waals surface area contributed by atoms with E-state index < -0.39 is 0 Å². The summed E-state index contributed by atoms with van der Waals surface area (Å²) in [7, 11) is 0. The third-order valence-corrected chi connectivity index (χ3v) is 2.03. The van der Waals surface area contributed by atoms with Gasteiger partial charge in [-0.1, -0.05) is 12.2 Å². The van der Waals surface area contributed by atoms with Gasteiger partial charge in [-0.05, 0) is 31.6 Å². The molecule has 0 amide bonds. The average Bonchev–Trinajstić information content (AvgIpc) is 2.03. The van der Waals surface area contributed by atoms with Crippen molar-refractivity contribution in [2.24, 2.45) is 11.0 Å². The van der Waals surface area contributed by atoms with Crippen LogP contribution >= 0.6 is 0 Å². The summed E-state index contributed by atoms with van der Waals surface area (Å²) in [4.78, 5) is 0. The summed E-state index contributed by atoms with van der Waals surface area (Å²) in [6, 6.07) is 0. The zero-order chi connectivity index (χ0) is 7.23. The number of allylic oxidation sites excluding steroid dienone is 2. The lowest BCUT2D eigenvalue weighted by Crippen LogP contribution is -2.03. The van der Waals surface area contributed by atoms with Crippen molar-refractivity contribution in [3.63, 3.8) is 0 Å². The van der Waals surface area contributed by atoms with Gasteiger partial charge in [-0.25, -0.2) is 5.53 Å². The van der Waals surface area contributed by atoms with Crippen LogP contribution in [0.1, 0.15) is 25.7 Å². The Morgan fingerprint density at radius 2 is 2.40 bits per heavy atom. The number of hydrogen-bond acceptors (Lipinski definition) is 2. The van der Waals surface area contributed by atoms with Gasteiger partial charge in [0.25, 0.3) is 0 Å². The largest absolute Gasteiger partial charge is 0.210 e. The Labute approximate surface area is 61.8 Å². The Morgan fingerprint density at radius 3 is 3.00 bits per heavy atom. The number of nitrogens with zero attached hydrogens (tertiary/aromatic N) is 1. The van der Waals surface area contributed by atoms with Crippen LogP contribution in [-0.2, 0) is 0 Å². The average molecular weight is 138 g/mol. The standard InChI is InChI=1S/C8H14N2/c9-10-7-6-8-4-2-1-3-5-8/h1-2,8-9H,3-7H2/t8-/m1/s1. The molecule has 1 N–H and O–H groups in total. The summed E-state index contributed by atoms with van der Waals surface area (Å²) in [5, 5.41) is 3.36. The summed E-state index contributed by atoms with van der Waals surface area (Å²) >= 11 is 0. The van der Waals surface area contributed by atoms with E-state index in [9.17, 15) is 0 Å². The molecule has 1 aliphatic carbocycles. The highest BCUT2D eigenvalue weighted by Crippen LogP contribution is 2.20. The maximum absolute atomic E-state index is 6.63. The van der Waals surface area contributed by atoms with Gasteiger partial charge in [0, 0.05) is 0 Å². The molecule has 0 bridgehead atoms. The van der Waals surface area contributed by atoms with E-state index in [1.807, 2.05) is 0 Å². The van der Waals surface area contributed by atoms with Crippen molar-refractivity contribution in [3.05, 3.63) is 12.2 Å². The second-order valence-corrected chi connectivity index (χ2v) is 2.82. The first kappa shape index (κ1) is 7.45. The van der Waals surface area contributed by atoms with E-state index in [1.54, 1.807) is 0 Å². The van der Waals surface area contributed by atoms with E-state index in [1.165, 1.54) is 19.3 Å². The van der Waals surface area contributed by atoms with E-state index in [-0.39, 0.29) is 0 Å². The highest BCUT2D eigenvalue weighted by atomic mass is 14.9. The van der Waals surface area contributed by atoms with Gasteiger partial charge in [0.05, 0.1) is 6.54 Å². The van der Waals surface area contributed by atoms with Crippen molar-refractivity contribution < 1.29 is 0 Å². The topological polar surface area (TPSA) is 36.2 Å². The molecule has 0 unspecified atom stereocenters. The Morgan fingerprint density at radius 1 is 1.50 bits per heavy atom. The van der Waals surface area contributed by atoms with Crippen molar-refractivity contribution in [3.8, 4) is 0 Å². The van der Waals surface area contributed by atoms with Gasteiger partial charge in [0.2, 0.25) is 0 Å². The smallest absolute Gasteiger partial charge is 0.0599 e. The van der Waals surface area contributed by atoms with Crippen LogP contribution in [0.2, 0.25) is 0 Å². The van der Waals surface area contributed by atoms with E-state index in [2.05, 4.69) is 17.3 Å². The zero-order valence-corrected chi connectivity index (χ0v) is 6.21. The molecule has 0 radical (unpaired) electrons. The van der Waals surface area contributed by atoms with Crippen molar-refractivity contribution >= 4 is 0 Å². The lowest BCUT2D eigenvalue weighted by molar-refractivity contribution is 0.448. The van der Waals surface area contributed by atoms with Gasteiger partial charge in [-0.3, -0.25) is 0 Å². The van der Waals surface area contributed by atoms with Crippen LogP contribution in [0.25, 0.3) is 0 Å². The second-order valence-electron chi connectivity index (χ2n) is 2.82. The first-order chi connectivity index (χ1) is 4.93. The van der Waals surface area contributed by atoms with Crippen LogP contribution in [0.15, 0.2) is 17.3 Å². The normalized spacial score (nSPS) is 24.6. The molecule has 1 atom stereocenters. The minimum Gasteiger partial charge on any atom is -0.210 e. The predicted octanol–water partition coefficient (Wildman–Crippen LogP) is 2.76. The molecule has 1 aliphatic rings. The first-order valence-electron chi connectivity index (χ1n) is 3.91. The molecule has 2 nitrogen and oxygen atoms in total. The number of nitrogens with one attached hydrogen (secondary N) is 1. The van der Waals surface area contributed by atoms with Crippen molar-refractivity contribution in [2.45, 2.75) is 25.7 Å². The molecule has 0 heterocycles. The molecule has 0 aliphatic heterocycles. The summed E-state index contributed by atoms with van der Waals surface area (Å²) in [5.41, 5.74) is 6.63. The van der Waals surface area contributed by atoms with Gasteiger partial charge in [-0.15, -0.1) is 0 Å². The van der Waals surface area contributed by atoms with Gasteiger partial charge < -0.3 is 0 Å². The maximum Gasteiger partial charge on any atom is 0.0599 e. The van der Waals surface area contributed by atoms with Gasteiger partial charge in [0.1, 0.15) is 0 Å². The van der Waals surface area contributed by atoms with Crippen LogP contribution in [0, 0.1) is 11.4 Å². The lowest BCUT2D eigenvalue weighted by Gasteiger charge is -2.15. The molecule has 0 aromatic rings. The van der Waals surface area contributed by atoms with Crippen LogP contribution in [-0.4, -0.2) is 6.54 Å². The fraction of sp³-hybridized carbons (Fsp3) is 0.750. The summed E-state index contributed by atoms with van der Waals surface area (Å²) in [5.74, 6) is 0.805. The molecule has 10 heavy (non-hydrogen) atoms. The predicted molar refractivity (Wildman–Crippen MR) is 41.1 cm³/mol. The highest BCUT2D eigenvalue weighted by Gasteiger charge is 2.07. The van der Waals surface area contributed by atoms with Crippen LogP contribution in [0.5, 0.6) is 0 Å². The van der Waals surface area contributed by atoms with E-state index >= 15 is 0 Å². The van der Waals surface area contributed by atoms with Gasteiger partial charge in [-0.2, -0.15) is 5.11 Å². The number of hydrogen-bond donors (Lipinski definition) is 1. The summed E-state index contributed by atoms with van der Waals surface area (Å²) < 4.78 is 0. The molecule has 1 rings (SSSR count). The second kappa shape index (κ2) is 4.20. The minimum atomic E-state index is 0.721. The SMILES string of the molecule is N=NCC[C@@H]1CC=CCC1. The van der Waals surface area contributed by atoms with E-state index in [4.69, 9.17) is 5.53 Å². The third-order valence-electron chi connectivity index (χ3n) is 2.03. The monoisotopic (exact) mass is 138 g/mol. The van der Waals surface area contributed by atoms with Crippen molar-refractivity contribution in [2.75, 3.05) is 6.54 Å². The summed E-state index contributed by atoms with van der Waals surface area (Å²) in [6.07, 6.45) is 9.32. The van der Waals surface area contributed by atoms with E-state index in [0.29, 0.717) is 0 Å². The Kier molecular flexibility index (Phi) is 3.13. The van der Waals surface area contributed by atoms with Crippen LogP contribution < -0.4 is 0 Å². The Hall–Kier alpha value is -0.660. The highest BCUT2D eigenvalue weighted by molar-refractivity contribution is 4.89. The van der Waals surface area contributed by atoms with Crippen molar-refractivity contribution in [1.82, 2.24) is 0 Å². The zero-order valence-electron chi connectivity index (χ0n) is 6.21. The molecule has 0 spiro atoms. The third kappa shape index (κ3) is 2.29. The minimum absolute atomic E-state index is 0.721. The fourth-order valence-electron chi connectivity index (χ4n) is 1.37. The van der Waals surface area contributed by atoms with Gasteiger partial charge in [0.15, 0.2) is 0 Å². The van der Waals surface area contributed by atoms with Crippen molar-refractivity contribution in [1.29, 1.82) is 5.53 Å². The quantitative estimate of drug-likeness (QED) is 0.460. The van der Waals surface area contributed by atoms with Crippen LogP contribution in [0.3, 0.4) is 0 Å². The molecule has 2 heteroatoms. The fourth-order valence-corrected chi connectivity index (χ4v) is 1.37. The molecular formula is C8H14N2. The first-order valence-corrected chi connectivity index (χ1v) is 3.91. The number of rotatable bonds is 3. The summed E-state index contributed by atoms with van der Waals surface area (Å²) in [6.45, 7) is 0.721. The molecule has 0 fully saturated rings. The molecule has 0 saturated carbocycles. The Bertz CT molecular complexity index is 129. The molecule has 0 aromatic heterocycles. The van der Waals surface area contributed by atoms with E-state index in [0.717, 1.165) is 18.9 Å². The van der Waals surface area contributed by atoms with Crippen LogP contribution in [0.4, 0.5) is 0 Å². The molecular weight excluding hydrogens is 124 g/mol. The molecule has 0 aromatic carbocycles. The van der Waals surface area contributed by atoms with Gasteiger partial charge >= 0.3 is 0 Å². The molecule has 0 saturated heterocycles.